The molecule has 3 nitrogen and oxygen atoms in total. The fourth-order valence-electron chi connectivity index (χ4n) is 2.74. The largest absolute Gasteiger partial charge is 0.382 e. The van der Waals surface area contributed by atoms with E-state index in [1.54, 1.807) is 0 Å². The molecule has 0 aliphatic carbocycles. The van der Waals surface area contributed by atoms with Crippen molar-refractivity contribution in [2.24, 2.45) is 5.73 Å². The highest BCUT2D eigenvalue weighted by Crippen LogP contribution is 2.37. The maximum atomic E-state index is 5.71. The number of rotatable bonds is 7. The second-order valence-electron chi connectivity index (χ2n) is 4.83. The Morgan fingerprint density at radius 2 is 2.22 bits per heavy atom. The molecule has 2 rings (SSSR count). The van der Waals surface area contributed by atoms with Crippen LogP contribution < -0.4 is 10.6 Å². The van der Waals surface area contributed by atoms with Crippen molar-refractivity contribution in [2.75, 3.05) is 37.7 Å². The Kier molecular flexibility index (Phi) is 5.02. The van der Waals surface area contributed by atoms with Gasteiger partial charge in [-0.05, 0) is 37.9 Å². The van der Waals surface area contributed by atoms with Crippen molar-refractivity contribution in [3.05, 3.63) is 29.8 Å². The van der Waals surface area contributed by atoms with E-state index in [1.807, 2.05) is 6.92 Å². The zero-order valence-corrected chi connectivity index (χ0v) is 11.3. The lowest BCUT2D eigenvalue weighted by Crippen LogP contribution is -2.24. The fourth-order valence-corrected chi connectivity index (χ4v) is 2.74. The Morgan fingerprint density at radius 3 is 3.00 bits per heavy atom. The molecule has 1 heterocycles. The summed E-state index contributed by atoms with van der Waals surface area (Å²) in [6, 6.07) is 8.73. The second kappa shape index (κ2) is 6.76. The van der Waals surface area contributed by atoms with Crippen LogP contribution in [0.1, 0.15) is 31.2 Å². The first-order valence-corrected chi connectivity index (χ1v) is 6.98. The van der Waals surface area contributed by atoms with Crippen LogP contribution >= 0.6 is 0 Å². The highest BCUT2D eigenvalue weighted by atomic mass is 16.5. The third kappa shape index (κ3) is 3.03. The number of fused-ring (bicyclic) bond motifs is 1. The summed E-state index contributed by atoms with van der Waals surface area (Å²) in [6.07, 6.45) is 2.18. The minimum absolute atomic E-state index is 0.610. The average molecular weight is 248 g/mol. The molecule has 1 aliphatic rings. The monoisotopic (exact) mass is 248 g/mol. The number of benzene rings is 1. The SMILES string of the molecule is CCOCCCN1CC(CCN)c2ccccc21. The lowest BCUT2D eigenvalue weighted by atomic mass is 9.98. The third-order valence-corrected chi connectivity index (χ3v) is 3.59. The van der Waals surface area contributed by atoms with Crippen LogP contribution in [0, 0.1) is 0 Å². The predicted octanol–water partition coefficient (Wildman–Crippen LogP) is 2.37. The molecule has 0 saturated heterocycles. The molecule has 18 heavy (non-hydrogen) atoms. The molecular weight excluding hydrogens is 224 g/mol. The molecule has 1 aromatic rings. The van der Waals surface area contributed by atoms with Crippen LogP contribution in [0.15, 0.2) is 24.3 Å². The zero-order chi connectivity index (χ0) is 12.8. The van der Waals surface area contributed by atoms with Gasteiger partial charge in [-0.1, -0.05) is 18.2 Å². The molecular formula is C15H24N2O. The summed E-state index contributed by atoms with van der Waals surface area (Å²) in [6.45, 7) is 6.68. The minimum atomic E-state index is 0.610. The number of anilines is 1. The van der Waals surface area contributed by atoms with Crippen LogP contribution in [0.5, 0.6) is 0 Å². The zero-order valence-electron chi connectivity index (χ0n) is 11.3. The van der Waals surface area contributed by atoms with Crippen LogP contribution in [0.4, 0.5) is 5.69 Å². The van der Waals surface area contributed by atoms with E-state index < -0.39 is 0 Å². The van der Waals surface area contributed by atoms with Gasteiger partial charge in [-0.2, -0.15) is 0 Å². The van der Waals surface area contributed by atoms with Gasteiger partial charge in [-0.15, -0.1) is 0 Å². The molecule has 0 aromatic heterocycles. The average Bonchev–Trinajstić information content (AvgIpc) is 2.74. The first-order chi connectivity index (χ1) is 8.86. The number of hydrogen-bond donors (Lipinski definition) is 1. The molecule has 100 valence electrons. The Balaban J connectivity index is 1.97. The Labute approximate surface area is 110 Å². The molecule has 1 aliphatic heterocycles. The van der Waals surface area contributed by atoms with Crippen LogP contribution in [0.2, 0.25) is 0 Å². The minimum Gasteiger partial charge on any atom is -0.382 e. The highest BCUT2D eigenvalue weighted by Gasteiger charge is 2.26. The van der Waals surface area contributed by atoms with Gasteiger partial charge >= 0.3 is 0 Å². The molecule has 0 spiro atoms. The van der Waals surface area contributed by atoms with Crippen LogP contribution in [-0.2, 0) is 4.74 Å². The molecule has 1 unspecified atom stereocenters. The van der Waals surface area contributed by atoms with Crippen molar-refractivity contribution < 1.29 is 4.74 Å². The quantitative estimate of drug-likeness (QED) is 0.753. The van der Waals surface area contributed by atoms with Crippen LogP contribution in [0.3, 0.4) is 0 Å². The van der Waals surface area contributed by atoms with Gasteiger partial charge in [0.05, 0.1) is 0 Å². The number of nitrogens with zero attached hydrogens (tertiary/aromatic N) is 1. The summed E-state index contributed by atoms with van der Waals surface area (Å²) in [5.74, 6) is 0.610. The van der Waals surface area contributed by atoms with Gasteiger partial charge in [-0.25, -0.2) is 0 Å². The molecule has 0 bridgehead atoms. The van der Waals surface area contributed by atoms with E-state index in [1.165, 1.54) is 11.3 Å². The molecule has 1 atom stereocenters. The summed E-state index contributed by atoms with van der Waals surface area (Å²) < 4.78 is 5.41. The lowest BCUT2D eigenvalue weighted by molar-refractivity contribution is 0.146. The topological polar surface area (TPSA) is 38.5 Å². The van der Waals surface area contributed by atoms with E-state index in [0.717, 1.165) is 45.7 Å². The van der Waals surface area contributed by atoms with Crippen molar-refractivity contribution in [1.82, 2.24) is 0 Å². The standard InChI is InChI=1S/C15H24N2O/c1-2-18-11-5-10-17-12-13(8-9-16)14-6-3-4-7-15(14)17/h3-4,6-7,13H,2,5,8-12,16H2,1H3. The van der Waals surface area contributed by atoms with Crippen molar-refractivity contribution >= 4 is 5.69 Å². The summed E-state index contributed by atoms with van der Waals surface area (Å²) in [5, 5.41) is 0. The normalized spacial score (nSPS) is 18.1. The fraction of sp³-hybridized carbons (Fsp3) is 0.600. The Hall–Kier alpha value is -1.06. The maximum absolute atomic E-state index is 5.71. The number of ether oxygens (including phenoxy) is 1. The molecule has 0 amide bonds. The lowest BCUT2D eigenvalue weighted by Gasteiger charge is -2.19. The van der Waals surface area contributed by atoms with Crippen molar-refractivity contribution in [3.63, 3.8) is 0 Å². The van der Waals surface area contributed by atoms with Crippen molar-refractivity contribution in [2.45, 2.75) is 25.7 Å². The number of nitrogens with two attached hydrogens (primary N) is 1. The van der Waals surface area contributed by atoms with E-state index in [4.69, 9.17) is 10.5 Å². The second-order valence-corrected chi connectivity index (χ2v) is 4.83. The van der Waals surface area contributed by atoms with Gasteiger partial charge in [-0.3, -0.25) is 0 Å². The Bertz CT molecular complexity index is 367. The molecule has 0 saturated carbocycles. The van der Waals surface area contributed by atoms with Gasteiger partial charge in [0, 0.05) is 37.9 Å². The van der Waals surface area contributed by atoms with E-state index >= 15 is 0 Å². The molecule has 0 radical (unpaired) electrons. The summed E-state index contributed by atoms with van der Waals surface area (Å²) in [7, 11) is 0. The Morgan fingerprint density at radius 1 is 1.39 bits per heavy atom. The molecule has 0 fully saturated rings. The molecule has 3 heteroatoms. The highest BCUT2D eigenvalue weighted by molar-refractivity contribution is 5.60. The van der Waals surface area contributed by atoms with Crippen molar-refractivity contribution in [3.8, 4) is 0 Å². The summed E-state index contributed by atoms with van der Waals surface area (Å²) in [4.78, 5) is 2.48. The van der Waals surface area contributed by atoms with Gasteiger partial charge in [0.2, 0.25) is 0 Å². The van der Waals surface area contributed by atoms with Gasteiger partial charge in [0.15, 0.2) is 0 Å². The van der Waals surface area contributed by atoms with Crippen LogP contribution in [0.25, 0.3) is 0 Å². The maximum Gasteiger partial charge on any atom is 0.0482 e. The summed E-state index contributed by atoms with van der Waals surface area (Å²) in [5.41, 5.74) is 8.58. The van der Waals surface area contributed by atoms with Gasteiger partial charge in [0.1, 0.15) is 0 Å². The smallest absolute Gasteiger partial charge is 0.0482 e. The van der Waals surface area contributed by atoms with E-state index in [-0.39, 0.29) is 0 Å². The molecule has 2 N–H and O–H groups in total. The number of para-hydroxylation sites is 1. The number of hydrogen-bond acceptors (Lipinski definition) is 3. The van der Waals surface area contributed by atoms with Gasteiger partial charge in [0.25, 0.3) is 0 Å². The summed E-state index contributed by atoms with van der Waals surface area (Å²) >= 11 is 0. The van der Waals surface area contributed by atoms with Gasteiger partial charge < -0.3 is 15.4 Å². The van der Waals surface area contributed by atoms with E-state index in [9.17, 15) is 0 Å². The first-order valence-electron chi connectivity index (χ1n) is 6.98. The van der Waals surface area contributed by atoms with E-state index in [0.29, 0.717) is 5.92 Å². The predicted molar refractivity (Wildman–Crippen MR) is 76.2 cm³/mol. The molecule has 1 aromatic carbocycles. The first kappa shape index (κ1) is 13.4. The van der Waals surface area contributed by atoms with E-state index in [2.05, 4.69) is 29.2 Å². The van der Waals surface area contributed by atoms with Crippen LogP contribution in [-0.4, -0.2) is 32.8 Å². The third-order valence-electron chi connectivity index (χ3n) is 3.59. The van der Waals surface area contributed by atoms with Crippen molar-refractivity contribution in [1.29, 1.82) is 0 Å².